The third-order valence-electron chi connectivity index (χ3n) is 3.92. The van der Waals surface area contributed by atoms with Crippen molar-refractivity contribution >= 4 is 23.4 Å². The van der Waals surface area contributed by atoms with Gasteiger partial charge in [0.15, 0.2) is 0 Å². The number of nitrogens with zero attached hydrogens (tertiary/aromatic N) is 2. The standard InChI is InChI=1S/C17H20FN3O3S/c1-10-5-6-12(7-14(10)18)19-16(23)11(2)25-9-13-8-15(22)21(4)17(24)20(13)3/h5-8,11H,9H2,1-4H3,(H,19,23). The topological polar surface area (TPSA) is 73.1 Å². The van der Waals surface area contributed by atoms with E-state index in [4.69, 9.17) is 0 Å². The maximum Gasteiger partial charge on any atom is 0.330 e. The van der Waals surface area contributed by atoms with Gasteiger partial charge in [-0.15, -0.1) is 11.8 Å². The van der Waals surface area contributed by atoms with Crippen molar-refractivity contribution in [3.63, 3.8) is 0 Å². The summed E-state index contributed by atoms with van der Waals surface area (Å²) in [5.74, 6) is -0.325. The van der Waals surface area contributed by atoms with E-state index >= 15 is 0 Å². The van der Waals surface area contributed by atoms with Crippen molar-refractivity contribution in [2.24, 2.45) is 14.1 Å². The number of anilines is 1. The van der Waals surface area contributed by atoms with Gasteiger partial charge in [0.1, 0.15) is 5.82 Å². The number of hydrogen-bond acceptors (Lipinski definition) is 4. The largest absolute Gasteiger partial charge is 0.330 e. The lowest BCUT2D eigenvalue weighted by Crippen LogP contribution is -2.38. The van der Waals surface area contributed by atoms with Crippen molar-refractivity contribution in [3.8, 4) is 0 Å². The van der Waals surface area contributed by atoms with Gasteiger partial charge in [0.2, 0.25) is 5.91 Å². The van der Waals surface area contributed by atoms with Crippen molar-refractivity contribution in [3.05, 3.63) is 62.2 Å². The van der Waals surface area contributed by atoms with E-state index in [1.807, 2.05) is 0 Å². The fourth-order valence-electron chi connectivity index (χ4n) is 2.12. The number of benzene rings is 1. The maximum absolute atomic E-state index is 13.5. The smallest absolute Gasteiger partial charge is 0.325 e. The lowest BCUT2D eigenvalue weighted by Gasteiger charge is -2.14. The molecule has 1 atom stereocenters. The number of amides is 1. The summed E-state index contributed by atoms with van der Waals surface area (Å²) in [6.07, 6.45) is 0. The van der Waals surface area contributed by atoms with Crippen LogP contribution in [0.15, 0.2) is 33.9 Å². The summed E-state index contributed by atoms with van der Waals surface area (Å²) in [5, 5.41) is 2.22. The van der Waals surface area contributed by atoms with Gasteiger partial charge in [-0.25, -0.2) is 9.18 Å². The first-order chi connectivity index (χ1) is 11.7. The summed E-state index contributed by atoms with van der Waals surface area (Å²) < 4.78 is 15.9. The number of nitrogens with one attached hydrogen (secondary N) is 1. The molecular weight excluding hydrogens is 345 g/mol. The molecule has 0 aliphatic carbocycles. The second-order valence-electron chi connectivity index (χ2n) is 5.78. The molecule has 0 radical (unpaired) electrons. The van der Waals surface area contributed by atoms with Crippen LogP contribution >= 0.6 is 11.8 Å². The average Bonchev–Trinajstić information content (AvgIpc) is 2.58. The van der Waals surface area contributed by atoms with Crippen LogP contribution in [0.1, 0.15) is 18.2 Å². The fourth-order valence-corrected chi connectivity index (χ4v) is 3.03. The van der Waals surface area contributed by atoms with Crippen molar-refractivity contribution in [1.82, 2.24) is 9.13 Å². The average molecular weight is 365 g/mol. The number of thioether (sulfide) groups is 1. The van der Waals surface area contributed by atoms with Crippen LogP contribution in [0.5, 0.6) is 0 Å². The van der Waals surface area contributed by atoms with Crippen molar-refractivity contribution in [1.29, 1.82) is 0 Å². The van der Waals surface area contributed by atoms with E-state index < -0.39 is 10.9 Å². The maximum atomic E-state index is 13.5. The highest BCUT2D eigenvalue weighted by Gasteiger charge is 2.16. The minimum Gasteiger partial charge on any atom is -0.325 e. The van der Waals surface area contributed by atoms with Gasteiger partial charge in [0.05, 0.1) is 5.25 Å². The van der Waals surface area contributed by atoms with Gasteiger partial charge in [-0.3, -0.25) is 18.7 Å². The molecule has 2 rings (SSSR count). The molecule has 1 N–H and O–H groups in total. The van der Waals surface area contributed by atoms with E-state index in [9.17, 15) is 18.8 Å². The third kappa shape index (κ3) is 4.39. The predicted molar refractivity (Wildman–Crippen MR) is 97.4 cm³/mol. The Kier molecular flexibility index (Phi) is 5.84. The molecule has 1 amide bonds. The third-order valence-corrected chi connectivity index (χ3v) is 5.09. The van der Waals surface area contributed by atoms with Crippen LogP contribution in [0.25, 0.3) is 0 Å². The zero-order valence-corrected chi connectivity index (χ0v) is 15.3. The SMILES string of the molecule is Cc1ccc(NC(=O)C(C)SCc2cc(=O)n(C)c(=O)n2C)cc1F. The van der Waals surface area contributed by atoms with Gasteiger partial charge in [0, 0.05) is 37.3 Å². The predicted octanol–water partition coefficient (Wildman–Crippen LogP) is 1.79. The first-order valence-corrected chi connectivity index (χ1v) is 8.70. The van der Waals surface area contributed by atoms with Crippen LogP contribution in [0.4, 0.5) is 10.1 Å². The minimum atomic E-state index is -0.441. The molecule has 0 spiro atoms. The number of aromatic nitrogens is 2. The van der Waals surface area contributed by atoms with Gasteiger partial charge < -0.3 is 5.32 Å². The van der Waals surface area contributed by atoms with Gasteiger partial charge in [-0.05, 0) is 31.5 Å². The van der Waals surface area contributed by atoms with Gasteiger partial charge in [-0.2, -0.15) is 0 Å². The summed E-state index contributed by atoms with van der Waals surface area (Å²) >= 11 is 1.29. The van der Waals surface area contributed by atoms with Gasteiger partial charge >= 0.3 is 5.69 Å². The number of hydrogen-bond donors (Lipinski definition) is 1. The van der Waals surface area contributed by atoms with Crippen LogP contribution in [0.2, 0.25) is 0 Å². The molecule has 1 aromatic carbocycles. The Morgan fingerprint density at radius 2 is 1.92 bits per heavy atom. The number of aryl methyl sites for hydroxylation is 1. The summed E-state index contributed by atoms with van der Waals surface area (Å²) in [4.78, 5) is 35.8. The van der Waals surface area contributed by atoms with E-state index in [2.05, 4.69) is 5.32 Å². The van der Waals surface area contributed by atoms with E-state index in [0.29, 0.717) is 22.7 Å². The van der Waals surface area contributed by atoms with E-state index in [0.717, 1.165) is 4.57 Å². The monoisotopic (exact) mass is 365 g/mol. The van der Waals surface area contributed by atoms with E-state index in [-0.39, 0.29) is 17.3 Å². The van der Waals surface area contributed by atoms with Crippen LogP contribution in [0.3, 0.4) is 0 Å². The molecule has 8 heteroatoms. The van der Waals surface area contributed by atoms with Crippen LogP contribution < -0.4 is 16.6 Å². The van der Waals surface area contributed by atoms with Crippen LogP contribution in [0, 0.1) is 12.7 Å². The number of carbonyl (C=O) groups is 1. The summed E-state index contributed by atoms with van der Waals surface area (Å²) in [5.41, 5.74) is 0.647. The molecule has 2 aromatic rings. The van der Waals surface area contributed by atoms with E-state index in [1.165, 1.54) is 35.5 Å². The second kappa shape index (κ2) is 7.69. The molecule has 25 heavy (non-hydrogen) atoms. The molecule has 134 valence electrons. The lowest BCUT2D eigenvalue weighted by atomic mass is 10.2. The summed E-state index contributed by atoms with van der Waals surface area (Å²) in [6.45, 7) is 3.36. The van der Waals surface area contributed by atoms with Crippen LogP contribution in [-0.4, -0.2) is 20.3 Å². The molecule has 1 unspecified atom stereocenters. The number of carbonyl (C=O) groups excluding carboxylic acids is 1. The van der Waals surface area contributed by atoms with Gasteiger partial charge in [-0.1, -0.05) is 6.07 Å². The summed E-state index contributed by atoms with van der Waals surface area (Å²) in [7, 11) is 3.00. The molecule has 0 fully saturated rings. The lowest BCUT2D eigenvalue weighted by molar-refractivity contribution is -0.115. The molecule has 1 aromatic heterocycles. The zero-order valence-electron chi connectivity index (χ0n) is 14.5. The second-order valence-corrected chi connectivity index (χ2v) is 7.11. The van der Waals surface area contributed by atoms with Crippen LogP contribution in [-0.2, 0) is 24.6 Å². The number of rotatable bonds is 5. The fraction of sp³-hybridized carbons (Fsp3) is 0.353. The Morgan fingerprint density at radius 3 is 2.56 bits per heavy atom. The zero-order chi connectivity index (χ0) is 18.7. The first kappa shape index (κ1) is 19.0. The highest BCUT2D eigenvalue weighted by molar-refractivity contribution is 7.99. The Bertz CT molecular complexity index is 920. The molecule has 0 aliphatic heterocycles. The highest BCUT2D eigenvalue weighted by Crippen LogP contribution is 2.19. The van der Waals surface area contributed by atoms with Crippen molar-refractivity contribution < 1.29 is 9.18 Å². The molecule has 0 aliphatic rings. The molecule has 0 saturated carbocycles. The van der Waals surface area contributed by atoms with Gasteiger partial charge in [0.25, 0.3) is 5.56 Å². The molecule has 0 bridgehead atoms. The Labute approximate surface area is 148 Å². The minimum absolute atomic E-state index is 0.276. The van der Waals surface area contributed by atoms with Crippen molar-refractivity contribution in [2.45, 2.75) is 24.9 Å². The highest BCUT2D eigenvalue weighted by atomic mass is 32.2. The summed E-state index contributed by atoms with van der Waals surface area (Å²) in [6, 6.07) is 5.89. The Balaban J connectivity index is 2.03. The normalized spacial score (nSPS) is 12.0. The molecule has 0 saturated heterocycles. The van der Waals surface area contributed by atoms with E-state index in [1.54, 1.807) is 33.0 Å². The van der Waals surface area contributed by atoms with Crippen molar-refractivity contribution in [2.75, 3.05) is 5.32 Å². The number of halogens is 1. The molecule has 1 heterocycles. The molecule has 6 nitrogen and oxygen atoms in total. The molecular formula is C17H20FN3O3S. The first-order valence-electron chi connectivity index (χ1n) is 7.65. The quantitative estimate of drug-likeness (QED) is 0.877. The Hall–Kier alpha value is -2.35. The Morgan fingerprint density at radius 1 is 1.24 bits per heavy atom.